The Morgan fingerprint density at radius 3 is 0.857 bits per heavy atom. The number of halogens is 18. The Balaban J connectivity index is 3.26. The second kappa shape index (κ2) is 4.57. The normalized spacial score (nSPS) is 44.8. The SMILES string of the molecule is FC(F)(F)C1(F)C(F)(F)C(F)(F)C2(F)C(F)(F)C(F)(F)C(F)(F)C(F)(F)C12F. The molecule has 2 aliphatic rings. The number of hydrogen-bond acceptors (Lipinski definition) is 0. The van der Waals surface area contributed by atoms with Gasteiger partial charge in [0, 0.05) is 0 Å². The van der Waals surface area contributed by atoms with Crippen LogP contribution in [0, 0.1) is 0 Å². The largest absolute Gasteiger partial charge is 0.432 e. The summed E-state index contributed by atoms with van der Waals surface area (Å²) in [5.41, 5.74) is -25.6. The maximum absolute atomic E-state index is 14.3. The number of alkyl halides is 18. The Bertz CT molecular complexity index is 702. The molecule has 2 fully saturated rings. The van der Waals surface area contributed by atoms with Gasteiger partial charge < -0.3 is 0 Å². The van der Waals surface area contributed by atoms with Crippen LogP contribution in [0.15, 0.2) is 0 Å². The van der Waals surface area contributed by atoms with Crippen LogP contribution in [0.3, 0.4) is 0 Å². The van der Waals surface area contributed by atoms with Gasteiger partial charge in [0.2, 0.25) is 0 Å². The van der Waals surface area contributed by atoms with Crippen LogP contribution in [0.5, 0.6) is 0 Å². The molecule has 18 heteroatoms. The first kappa shape index (κ1) is 23.0. The van der Waals surface area contributed by atoms with Gasteiger partial charge in [-0.05, 0) is 0 Å². The summed E-state index contributed by atoms with van der Waals surface area (Å²) in [5.74, 6) is -50.0. The average molecular weight is 462 g/mol. The van der Waals surface area contributed by atoms with Crippen LogP contribution < -0.4 is 0 Å². The molecule has 0 radical (unpaired) electrons. The highest BCUT2D eigenvalue weighted by Crippen LogP contribution is 2.83. The summed E-state index contributed by atoms with van der Waals surface area (Å²) in [6, 6.07) is 0. The molecule has 3 atom stereocenters. The lowest BCUT2D eigenvalue weighted by Crippen LogP contribution is -2.89. The maximum atomic E-state index is 14.3. The minimum absolute atomic E-state index is 8.18. The van der Waals surface area contributed by atoms with Crippen molar-refractivity contribution in [2.75, 3.05) is 0 Å². The molecule has 0 aromatic rings. The minimum atomic E-state index is -8.62. The molecule has 0 heterocycles. The zero-order valence-electron chi connectivity index (χ0n) is 11.8. The summed E-state index contributed by atoms with van der Waals surface area (Å²) < 4.78 is 240. The molecular formula is C10F18. The predicted molar refractivity (Wildman–Crippen MR) is 47.3 cm³/mol. The van der Waals surface area contributed by atoms with E-state index >= 15 is 0 Å². The zero-order chi connectivity index (χ0) is 23.0. The molecule has 28 heavy (non-hydrogen) atoms. The van der Waals surface area contributed by atoms with Crippen molar-refractivity contribution in [3.63, 3.8) is 0 Å². The maximum Gasteiger partial charge on any atom is 0.432 e. The average Bonchev–Trinajstić information content (AvgIpc) is 2.55. The van der Waals surface area contributed by atoms with E-state index in [4.69, 9.17) is 0 Å². The minimum Gasteiger partial charge on any atom is -0.228 e. The van der Waals surface area contributed by atoms with Crippen LogP contribution >= 0.6 is 0 Å². The van der Waals surface area contributed by atoms with E-state index in [0.717, 1.165) is 0 Å². The summed E-state index contributed by atoms with van der Waals surface area (Å²) in [5, 5.41) is 0. The Morgan fingerprint density at radius 2 is 0.571 bits per heavy atom. The highest BCUT2D eigenvalue weighted by Gasteiger charge is 3.17. The molecule has 0 aliphatic heterocycles. The molecule has 0 nitrogen and oxygen atoms in total. The van der Waals surface area contributed by atoms with Gasteiger partial charge in [-0.1, -0.05) is 0 Å². The summed E-state index contributed by atoms with van der Waals surface area (Å²) in [4.78, 5) is 0. The highest BCUT2D eigenvalue weighted by atomic mass is 19.4. The van der Waals surface area contributed by atoms with Gasteiger partial charge in [-0.15, -0.1) is 0 Å². The van der Waals surface area contributed by atoms with Gasteiger partial charge in [0.05, 0.1) is 0 Å². The van der Waals surface area contributed by atoms with E-state index in [-0.39, 0.29) is 0 Å². The molecule has 0 N–H and O–H groups in total. The van der Waals surface area contributed by atoms with Crippen molar-refractivity contribution < 1.29 is 79.0 Å². The lowest BCUT2D eigenvalue weighted by atomic mass is 9.63. The van der Waals surface area contributed by atoms with Gasteiger partial charge in [0.25, 0.3) is 11.3 Å². The highest BCUT2D eigenvalue weighted by molar-refractivity contribution is 5.46. The van der Waals surface area contributed by atoms with E-state index < -0.39 is 58.7 Å². The van der Waals surface area contributed by atoms with Crippen LogP contribution in [0.25, 0.3) is 0 Å². The number of rotatable bonds is 0. The second-order valence-corrected chi connectivity index (χ2v) is 5.92. The van der Waals surface area contributed by atoms with Crippen LogP contribution in [-0.2, 0) is 0 Å². The Hall–Kier alpha value is -1.26. The zero-order valence-corrected chi connectivity index (χ0v) is 11.8. The summed E-state index contributed by atoms with van der Waals surface area (Å²) in [7, 11) is 0. The molecule has 166 valence electrons. The fraction of sp³-hybridized carbons (Fsp3) is 1.00. The van der Waals surface area contributed by atoms with Crippen molar-refractivity contribution in [3.8, 4) is 0 Å². The fourth-order valence-corrected chi connectivity index (χ4v) is 3.15. The number of hydrogen-bond donors (Lipinski definition) is 0. The molecule has 2 aliphatic carbocycles. The van der Waals surface area contributed by atoms with Crippen molar-refractivity contribution in [2.45, 2.75) is 58.7 Å². The fourth-order valence-electron chi connectivity index (χ4n) is 3.15. The molecule has 0 bridgehead atoms. The molecule has 0 saturated heterocycles. The van der Waals surface area contributed by atoms with Crippen molar-refractivity contribution in [1.82, 2.24) is 0 Å². The van der Waals surface area contributed by atoms with E-state index in [2.05, 4.69) is 0 Å². The van der Waals surface area contributed by atoms with Gasteiger partial charge >= 0.3 is 47.4 Å². The van der Waals surface area contributed by atoms with Crippen molar-refractivity contribution >= 4 is 0 Å². The van der Waals surface area contributed by atoms with E-state index in [1.165, 1.54) is 0 Å². The summed E-state index contributed by atoms with van der Waals surface area (Å²) in [6.07, 6.45) is -8.20. The van der Waals surface area contributed by atoms with Crippen LogP contribution in [0.2, 0.25) is 0 Å². The second-order valence-electron chi connectivity index (χ2n) is 5.92. The van der Waals surface area contributed by atoms with E-state index in [0.29, 0.717) is 0 Å². The molecule has 0 aromatic heterocycles. The Kier molecular flexibility index (Phi) is 3.75. The molecule has 2 rings (SSSR count). The van der Waals surface area contributed by atoms with Crippen molar-refractivity contribution in [3.05, 3.63) is 0 Å². The molecule has 3 unspecified atom stereocenters. The summed E-state index contributed by atoms with van der Waals surface area (Å²) >= 11 is 0. The monoisotopic (exact) mass is 462 g/mol. The first-order chi connectivity index (χ1) is 11.8. The van der Waals surface area contributed by atoms with Gasteiger partial charge in [-0.25, -0.2) is 13.2 Å². The molecule has 0 amide bonds. The van der Waals surface area contributed by atoms with Crippen LogP contribution in [0.1, 0.15) is 0 Å². The first-order valence-corrected chi connectivity index (χ1v) is 6.15. The molecule has 0 spiro atoms. The third kappa shape index (κ3) is 1.46. The van der Waals surface area contributed by atoms with Crippen molar-refractivity contribution in [2.24, 2.45) is 0 Å². The quantitative estimate of drug-likeness (QED) is 0.417. The van der Waals surface area contributed by atoms with Gasteiger partial charge in [-0.2, -0.15) is 65.9 Å². The molecular weight excluding hydrogens is 462 g/mol. The van der Waals surface area contributed by atoms with Crippen molar-refractivity contribution in [1.29, 1.82) is 0 Å². The molecule has 2 saturated carbocycles. The number of fused-ring (bicyclic) bond motifs is 1. The van der Waals surface area contributed by atoms with Crippen LogP contribution in [0.4, 0.5) is 79.0 Å². The van der Waals surface area contributed by atoms with Crippen LogP contribution in [-0.4, -0.2) is 58.7 Å². The topological polar surface area (TPSA) is 0 Å². The third-order valence-electron chi connectivity index (χ3n) is 4.65. The third-order valence-corrected chi connectivity index (χ3v) is 4.65. The predicted octanol–water partition coefficient (Wildman–Crippen LogP) is 5.51. The van der Waals surface area contributed by atoms with E-state index in [1.807, 2.05) is 0 Å². The van der Waals surface area contributed by atoms with Gasteiger partial charge in [0.15, 0.2) is 0 Å². The summed E-state index contributed by atoms with van der Waals surface area (Å²) in [6.45, 7) is 0. The Morgan fingerprint density at radius 1 is 0.321 bits per heavy atom. The van der Waals surface area contributed by atoms with E-state index in [1.54, 1.807) is 0 Å². The van der Waals surface area contributed by atoms with Gasteiger partial charge in [-0.3, -0.25) is 0 Å². The molecule has 0 aromatic carbocycles. The first-order valence-electron chi connectivity index (χ1n) is 6.15. The smallest absolute Gasteiger partial charge is 0.228 e. The van der Waals surface area contributed by atoms with E-state index in [9.17, 15) is 79.0 Å². The Labute approximate surface area is 139 Å². The lowest BCUT2D eigenvalue weighted by molar-refractivity contribution is -0.488. The lowest BCUT2D eigenvalue weighted by Gasteiger charge is -2.55. The standard InChI is InChI=1S/C10F18/c11-1-2(12,5(16,17)7(20,21)3(1,13)10(26,27)28)6(18,19)9(24,25)8(22,23)4(1,14)15. The van der Waals surface area contributed by atoms with Gasteiger partial charge in [0.1, 0.15) is 0 Å².